The molecule has 0 heterocycles. The normalized spacial score (nSPS) is 10.4. The van der Waals surface area contributed by atoms with Crippen LogP contribution >= 0.6 is 0 Å². The molecule has 0 unspecified atom stereocenters. The molecule has 0 radical (unpaired) electrons. The molecule has 0 aromatic heterocycles. The van der Waals surface area contributed by atoms with E-state index in [4.69, 9.17) is 15.2 Å². The summed E-state index contributed by atoms with van der Waals surface area (Å²) in [5.41, 5.74) is 8.12. The van der Waals surface area contributed by atoms with Gasteiger partial charge >= 0.3 is 0 Å². The Labute approximate surface area is 111 Å². The number of halogens is 1. The minimum Gasteiger partial charge on any atom is -0.494 e. The molecule has 2 rings (SSSR count). The van der Waals surface area contributed by atoms with Gasteiger partial charge in [-0.2, -0.15) is 0 Å². The first-order valence-corrected chi connectivity index (χ1v) is 5.93. The van der Waals surface area contributed by atoms with Gasteiger partial charge in [-0.15, -0.1) is 0 Å². The van der Waals surface area contributed by atoms with Gasteiger partial charge in [-0.1, -0.05) is 18.2 Å². The van der Waals surface area contributed by atoms with E-state index in [0.29, 0.717) is 13.2 Å². The van der Waals surface area contributed by atoms with Crippen molar-refractivity contribution in [3.8, 4) is 5.75 Å². The van der Waals surface area contributed by atoms with Crippen LogP contribution in [-0.2, 0) is 18.0 Å². The number of methoxy groups -OCH3 is 1. The lowest BCUT2D eigenvalue weighted by molar-refractivity contribution is 0.107. The summed E-state index contributed by atoms with van der Waals surface area (Å²) >= 11 is 0. The fourth-order valence-electron chi connectivity index (χ4n) is 1.70. The largest absolute Gasteiger partial charge is 0.494 e. The molecule has 0 aliphatic heterocycles. The van der Waals surface area contributed by atoms with Crippen LogP contribution in [-0.4, -0.2) is 7.11 Å². The van der Waals surface area contributed by atoms with Gasteiger partial charge in [0.1, 0.15) is 0 Å². The second kappa shape index (κ2) is 6.20. The van der Waals surface area contributed by atoms with Gasteiger partial charge in [0, 0.05) is 5.69 Å². The molecule has 0 aliphatic rings. The van der Waals surface area contributed by atoms with Crippen molar-refractivity contribution in [1.29, 1.82) is 0 Å². The molecule has 4 heteroatoms. The second-order valence-electron chi connectivity index (χ2n) is 4.20. The molecule has 0 atom stereocenters. The topological polar surface area (TPSA) is 44.5 Å². The first-order chi connectivity index (χ1) is 9.19. The average Bonchev–Trinajstić information content (AvgIpc) is 2.41. The van der Waals surface area contributed by atoms with Crippen molar-refractivity contribution >= 4 is 5.69 Å². The Bertz CT molecular complexity index is 540. The van der Waals surface area contributed by atoms with Gasteiger partial charge in [0.2, 0.25) is 0 Å². The van der Waals surface area contributed by atoms with E-state index in [2.05, 4.69) is 0 Å². The zero-order valence-electron chi connectivity index (χ0n) is 10.7. The summed E-state index contributed by atoms with van der Waals surface area (Å²) in [7, 11) is 1.44. The van der Waals surface area contributed by atoms with Crippen molar-refractivity contribution in [2.75, 3.05) is 12.8 Å². The maximum atomic E-state index is 13.5. The summed E-state index contributed by atoms with van der Waals surface area (Å²) in [6.45, 7) is 0.819. The van der Waals surface area contributed by atoms with Gasteiger partial charge in [0.05, 0.1) is 20.3 Å². The Morgan fingerprint density at radius 3 is 2.26 bits per heavy atom. The van der Waals surface area contributed by atoms with Crippen molar-refractivity contribution in [1.82, 2.24) is 0 Å². The van der Waals surface area contributed by atoms with Crippen LogP contribution in [0.2, 0.25) is 0 Å². The van der Waals surface area contributed by atoms with Gasteiger partial charge in [-0.3, -0.25) is 0 Å². The molecule has 0 saturated carbocycles. The standard InChI is InChI=1S/C15H16FNO2/c1-18-15-7-4-12(8-14(15)16)10-19-9-11-2-5-13(17)6-3-11/h2-8H,9-10,17H2,1H3. The van der Waals surface area contributed by atoms with Crippen molar-refractivity contribution < 1.29 is 13.9 Å². The number of benzene rings is 2. The molecule has 0 bridgehead atoms. The molecule has 3 nitrogen and oxygen atoms in total. The number of hydrogen-bond donors (Lipinski definition) is 1. The molecule has 0 fully saturated rings. The third kappa shape index (κ3) is 3.69. The van der Waals surface area contributed by atoms with Gasteiger partial charge in [0.25, 0.3) is 0 Å². The highest BCUT2D eigenvalue weighted by molar-refractivity contribution is 5.39. The second-order valence-corrected chi connectivity index (χ2v) is 4.20. The Hall–Kier alpha value is -2.07. The van der Waals surface area contributed by atoms with E-state index in [9.17, 15) is 4.39 Å². The smallest absolute Gasteiger partial charge is 0.165 e. The van der Waals surface area contributed by atoms with Crippen molar-refractivity contribution in [2.24, 2.45) is 0 Å². The predicted octanol–water partition coefficient (Wildman–Crippen LogP) is 3.13. The first kappa shape index (κ1) is 13.4. The highest BCUT2D eigenvalue weighted by Crippen LogP contribution is 2.18. The fraction of sp³-hybridized carbons (Fsp3) is 0.200. The Morgan fingerprint density at radius 1 is 1.00 bits per heavy atom. The van der Waals surface area contributed by atoms with E-state index in [1.807, 2.05) is 24.3 Å². The number of rotatable bonds is 5. The summed E-state index contributed by atoms with van der Waals surface area (Å²) in [4.78, 5) is 0. The van der Waals surface area contributed by atoms with E-state index >= 15 is 0 Å². The number of ether oxygens (including phenoxy) is 2. The van der Waals surface area contributed by atoms with Crippen LogP contribution in [0, 0.1) is 5.82 Å². The Kier molecular flexibility index (Phi) is 4.36. The highest BCUT2D eigenvalue weighted by Gasteiger charge is 2.03. The third-order valence-electron chi connectivity index (χ3n) is 2.73. The van der Waals surface area contributed by atoms with E-state index < -0.39 is 0 Å². The van der Waals surface area contributed by atoms with Crippen LogP contribution in [0.4, 0.5) is 10.1 Å². The maximum Gasteiger partial charge on any atom is 0.165 e. The lowest BCUT2D eigenvalue weighted by atomic mass is 10.2. The number of hydrogen-bond acceptors (Lipinski definition) is 3. The molecule has 2 N–H and O–H groups in total. The lowest BCUT2D eigenvalue weighted by Gasteiger charge is -2.07. The third-order valence-corrected chi connectivity index (χ3v) is 2.73. The van der Waals surface area contributed by atoms with Crippen LogP contribution in [0.5, 0.6) is 5.75 Å². The van der Waals surface area contributed by atoms with Crippen molar-refractivity contribution in [3.63, 3.8) is 0 Å². The fourth-order valence-corrected chi connectivity index (χ4v) is 1.70. The summed E-state index contributed by atoms with van der Waals surface area (Å²) in [5, 5.41) is 0. The zero-order valence-corrected chi connectivity index (χ0v) is 10.7. The molecule has 100 valence electrons. The minimum atomic E-state index is -0.379. The predicted molar refractivity (Wildman–Crippen MR) is 72.3 cm³/mol. The molecule has 0 spiro atoms. The van der Waals surface area contributed by atoms with E-state index in [-0.39, 0.29) is 11.6 Å². The molecule has 2 aromatic carbocycles. The lowest BCUT2D eigenvalue weighted by Crippen LogP contribution is -1.96. The summed E-state index contributed by atoms with van der Waals surface area (Å²) < 4.78 is 23.8. The van der Waals surface area contributed by atoms with E-state index in [1.54, 1.807) is 12.1 Å². The van der Waals surface area contributed by atoms with Crippen LogP contribution in [0.1, 0.15) is 11.1 Å². The average molecular weight is 261 g/mol. The van der Waals surface area contributed by atoms with Crippen molar-refractivity contribution in [2.45, 2.75) is 13.2 Å². The number of nitrogens with two attached hydrogens (primary N) is 1. The molecule has 0 aliphatic carbocycles. The van der Waals surface area contributed by atoms with Gasteiger partial charge in [0.15, 0.2) is 11.6 Å². The van der Waals surface area contributed by atoms with E-state index in [1.165, 1.54) is 13.2 Å². The van der Waals surface area contributed by atoms with Crippen LogP contribution in [0.3, 0.4) is 0 Å². The van der Waals surface area contributed by atoms with Gasteiger partial charge in [-0.05, 0) is 35.4 Å². The van der Waals surface area contributed by atoms with Crippen molar-refractivity contribution in [3.05, 3.63) is 59.4 Å². The number of anilines is 1. The molecule has 0 saturated heterocycles. The first-order valence-electron chi connectivity index (χ1n) is 5.93. The minimum absolute atomic E-state index is 0.238. The zero-order chi connectivity index (χ0) is 13.7. The van der Waals surface area contributed by atoms with Crippen LogP contribution < -0.4 is 10.5 Å². The summed E-state index contributed by atoms with van der Waals surface area (Å²) in [6, 6.07) is 12.3. The Balaban J connectivity index is 1.88. The molecule has 0 amide bonds. The Morgan fingerprint density at radius 2 is 1.63 bits per heavy atom. The van der Waals surface area contributed by atoms with Gasteiger partial charge < -0.3 is 15.2 Å². The van der Waals surface area contributed by atoms with Gasteiger partial charge in [-0.25, -0.2) is 4.39 Å². The molecular formula is C15H16FNO2. The van der Waals surface area contributed by atoms with E-state index in [0.717, 1.165) is 16.8 Å². The molecular weight excluding hydrogens is 245 g/mol. The monoisotopic (exact) mass is 261 g/mol. The quantitative estimate of drug-likeness (QED) is 0.841. The van der Waals surface area contributed by atoms with Crippen LogP contribution in [0.15, 0.2) is 42.5 Å². The SMILES string of the molecule is COc1ccc(COCc2ccc(N)cc2)cc1F. The summed E-state index contributed by atoms with van der Waals surface area (Å²) in [6.07, 6.45) is 0. The maximum absolute atomic E-state index is 13.5. The number of nitrogen functional groups attached to an aromatic ring is 1. The van der Waals surface area contributed by atoms with Crippen LogP contribution in [0.25, 0.3) is 0 Å². The summed E-state index contributed by atoms with van der Waals surface area (Å²) in [5.74, 6) is -0.140. The molecule has 19 heavy (non-hydrogen) atoms. The highest BCUT2D eigenvalue weighted by atomic mass is 19.1. The molecule has 2 aromatic rings.